The highest BCUT2D eigenvalue weighted by Gasteiger charge is 2.22. The van der Waals surface area contributed by atoms with Gasteiger partial charge in [-0.1, -0.05) is 11.4 Å². The third-order valence-corrected chi connectivity index (χ3v) is 3.29. The number of hydrogen-bond donors (Lipinski definition) is 1. The molecule has 0 radical (unpaired) electrons. The lowest BCUT2D eigenvalue weighted by atomic mass is 10.2. The zero-order valence-corrected chi connectivity index (χ0v) is 12.6. The SMILES string of the molecule is CCc1nnsc1C(=O)N(CC)CC(=O)NC(C)C. The molecule has 106 valence electrons. The number of nitrogens with zero attached hydrogens (tertiary/aromatic N) is 3. The molecule has 0 atom stereocenters. The van der Waals surface area contributed by atoms with Crippen LogP contribution in [0.25, 0.3) is 0 Å². The predicted molar refractivity (Wildman–Crippen MR) is 74.1 cm³/mol. The molecule has 0 aliphatic carbocycles. The molecule has 1 aromatic rings. The van der Waals surface area contributed by atoms with Crippen LogP contribution in [0.3, 0.4) is 0 Å². The number of hydrogen-bond acceptors (Lipinski definition) is 5. The Morgan fingerprint density at radius 2 is 2.05 bits per heavy atom. The fourth-order valence-electron chi connectivity index (χ4n) is 1.61. The van der Waals surface area contributed by atoms with E-state index in [0.29, 0.717) is 23.5 Å². The summed E-state index contributed by atoms with van der Waals surface area (Å²) in [6.07, 6.45) is 0.660. The number of carbonyl (C=O) groups excluding carboxylic acids is 2. The summed E-state index contributed by atoms with van der Waals surface area (Å²) in [5.74, 6) is -0.325. The van der Waals surface area contributed by atoms with Crippen molar-refractivity contribution in [2.45, 2.75) is 40.2 Å². The van der Waals surface area contributed by atoms with Crippen LogP contribution in [-0.2, 0) is 11.2 Å². The van der Waals surface area contributed by atoms with E-state index in [-0.39, 0.29) is 24.4 Å². The average molecular weight is 284 g/mol. The first-order valence-corrected chi connectivity index (χ1v) is 7.16. The minimum absolute atomic E-state index is 0.0641. The molecule has 0 aliphatic rings. The molecule has 1 aromatic heterocycles. The minimum atomic E-state index is -0.173. The van der Waals surface area contributed by atoms with E-state index in [1.807, 2.05) is 27.7 Å². The Morgan fingerprint density at radius 3 is 2.58 bits per heavy atom. The van der Waals surface area contributed by atoms with Gasteiger partial charge in [0.1, 0.15) is 4.88 Å². The van der Waals surface area contributed by atoms with Crippen molar-refractivity contribution in [3.05, 3.63) is 10.6 Å². The van der Waals surface area contributed by atoms with Gasteiger partial charge in [-0.3, -0.25) is 9.59 Å². The van der Waals surface area contributed by atoms with Crippen molar-refractivity contribution in [3.63, 3.8) is 0 Å². The van der Waals surface area contributed by atoms with Crippen molar-refractivity contribution < 1.29 is 9.59 Å². The normalized spacial score (nSPS) is 10.6. The van der Waals surface area contributed by atoms with Gasteiger partial charge in [-0.25, -0.2) is 0 Å². The Bertz CT molecular complexity index is 445. The molecule has 0 saturated heterocycles. The van der Waals surface area contributed by atoms with E-state index < -0.39 is 0 Å². The molecule has 0 spiro atoms. The Balaban J connectivity index is 2.74. The first kappa shape index (κ1) is 15.6. The van der Waals surface area contributed by atoms with Crippen molar-refractivity contribution in [1.82, 2.24) is 19.8 Å². The first-order chi connectivity index (χ1) is 8.99. The summed E-state index contributed by atoms with van der Waals surface area (Å²) >= 11 is 1.08. The summed E-state index contributed by atoms with van der Waals surface area (Å²) in [6, 6.07) is 0.0672. The van der Waals surface area contributed by atoms with Crippen LogP contribution in [0.2, 0.25) is 0 Å². The summed E-state index contributed by atoms with van der Waals surface area (Å²) in [6.45, 7) is 8.09. The summed E-state index contributed by atoms with van der Waals surface area (Å²) in [7, 11) is 0. The predicted octanol–water partition coefficient (Wildman–Crippen LogP) is 1.09. The number of amides is 2. The Labute approximate surface area is 117 Å². The summed E-state index contributed by atoms with van der Waals surface area (Å²) in [5.41, 5.74) is 0.692. The maximum atomic E-state index is 12.3. The molecule has 0 unspecified atom stereocenters. The zero-order chi connectivity index (χ0) is 14.4. The summed E-state index contributed by atoms with van der Waals surface area (Å²) in [4.78, 5) is 26.1. The lowest BCUT2D eigenvalue weighted by molar-refractivity contribution is -0.122. The largest absolute Gasteiger partial charge is 0.352 e. The van der Waals surface area contributed by atoms with Crippen LogP contribution in [0.4, 0.5) is 0 Å². The number of aryl methyl sites for hydroxylation is 1. The highest BCUT2D eigenvalue weighted by atomic mass is 32.1. The van der Waals surface area contributed by atoms with E-state index in [2.05, 4.69) is 14.9 Å². The molecule has 0 bridgehead atoms. The van der Waals surface area contributed by atoms with E-state index in [1.165, 1.54) is 4.90 Å². The van der Waals surface area contributed by atoms with Crippen molar-refractivity contribution in [1.29, 1.82) is 0 Å². The molecule has 0 fully saturated rings. The Morgan fingerprint density at radius 1 is 1.37 bits per heavy atom. The van der Waals surface area contributed by atoms with Gasteiger partial charge >= 0.3 is 0 Å². The topological polar surface area (TPSA) is 75.2 Å². The fourth-order valence-corrected chi connectivity index (χ4v) is 2.33. The van der Waals surface area contributed by atoms with Gasteiger partial charge in [0.2, 0.25) is 5.91 Å². The summed E-state index contributed by atoms with van der Waals surface area (Å²) in [5, 5.41) is 6.70. The van der Waals surface area contributed by atoms with Crippen LogP contribution >= 0.6 is 11.5 Å². The molecule has 1 heterocycles. The third kappa shape index (κ3) is 4.27. The lowest BCUT2D eigenvalue weighted by Crippen LogP contribution is -2.42. The number of likely N-dealkylation sites (N-methyl/N-ethyl adjacent to an activating group) is 1. The maximum Gasteiger partial charge on any atom is 0.267 e. The second-order valence-corrected chi connectivity index (χ2v) is 5.20. The smallest absolute Gasteiger partial charge is 0.267 e. The monoisotopic (exact) mass is 284 g/mol. The minimum Gasteiger partial charge on any atom is -0.352 e. The lowest BCUT2D eigenvalue weighted by Gasteiger charge is -2.20. The fraction of sp³-hybridized carbons (Fsp3) is 0.667. The molecule has 1 rings (SSSR count). The van der Waals surface area contributed by atoms with E-state index in [0.717, 1.165) is 11.5 Å². The van der Waals surface area contributed by atoms with Crippen molar-refractivity contribution >= 4 is 23.3 Å². The number of rotatable bonds is 6. The third-order valence-electron chi connectivity index (χ3n) is 2.54. The van der Waals surface area contributed by atoms with Gasteiger partial charge in [0, 0.05) is 12.6 Å². The van der Waals surface area contributed by atoms with Crippen LogP contribution in [0.1, 0.15) is 43.1 Å². The van der Waals surface area contributed by atoms with E-state index >= 15 is 0 Å². The molecule has 6 nitrogen and oxygen atoms in total. The molecule has 7 heteroatoms. The van der Waals surface area contributed by atoms with Crippen LogP contribution in [-0.4, -0.2) is 45.4 Å². The summed E-state index contributed by atoms with van der Waals surface area (Å²) < 4.78 is 3.80. The highest BCUT2D eigenvalue weighted by Crippen LogP contribution is 2.14. The van der Waals surface area contributed by atoms with Gasteiger partial charge in [-0.05, 0) is 38.7 Å². The highest BCUT2D eigenvalue weighted by molar-refractivity contribution is 7.08. The Hall–Kier alpha value is -1.50. The second-order valence-electron chi connectivity index (χ2n) is 4.44. The van der Waals surface area contributed by atoms with Crippen molar-refractivity contribution in [3.8, 4) is 0 Å². The second kappa shape index (κ2) is 7.18. The van der Waals surface area contributed by atoms with Crippen molar-refractivity contribution in [2.24, 2.45) is 0 Å². The van der Waals surface area contributed by atoms with E-state index in [9.17, 15) is 9.59 Å². The average Bonchev–Trinajstić information content (AvgIpc) is 2.82. The van der Waals surface area contributed by atoms with E-state index in [4.69, 9.17) is 0 Å². The van der Waals surface area contributed by atoms with Crippen molar-refractivity contribution in [2.75, 3.05) is 13.1 Å². The van der Waals surface area contributed by atoms with Gasteiger partial charge in [0.25, 0.3) is 5.91 Å². The number of carbonyl (C=O) groups is 2. The molecular weight excluding hydrogens is 264 g/mol. The van der Waals surface area contributed by atoms with E-state index in [1.54, 1.807) is 0 Å². The molecular formula is C12H20N4O2S. The quantitative estimate of drug-likeness (QED) is 0.848. The molecule has 1 N–H and O–H groups in total. The van der Waals surface area contributed by atoms with Gasteiger partial charge in [-0.2, -0.15) is 0 Å². The standard InChI is InChI=1S/C12H20N4O2S/c1-5-9-11(19-15-14-9)12(18)16(6-2)7-10(17)13-8(3)4/h8H,5-7H2,1-4H3,(H,13,17). The van der Waals surface area contributed by atoms with Crippen LogP contribution in [0.5, 0.6) is 0 Å². The number of aromatic nitrogens is 2. The van der Waals surface area contributed by atoms with Crippen LogP contribution in [0, 0.1) is 0 Å². The zero-order valence-electron chi connectivity index (χ0n) is 11.8. The maximum absolute atomic E-state index is 12.3. The first-order valence-electron chi connectivity index (χ1n) is 6.39. The molecule has 0 saturated carbocycles. The van der Waals surface area contributed by atoms with Gasteiger partial charge in [0.05, 0.1) is 12.2 Å². The number of nitrogens with one attached hydrogen (secondary N) is 1. The van der Waals surface area contributed by atoms with Crippen LogP contribution in [0.15, 0.2) is 0 Å². The molecule has 0 aliphatic heterocycles. The molecule has 0 aromatic carbocycles. The van der Waals surface area contributed by atoms with Gasteiger partial charge in [-0.15, -0.1) is 5.10 Å². The molecule has 2 amide bonds. The Kier molecular flexibility index (Phi) is 5.88. The van der Waals surface area contributed by atoms with Crippen LogP contribution < -0.4 is 5.32 Å². The molecule has 19 heavy (non-hydrogen) atoms. The van der Waals surface area contributed by atoms with Gasteiger partial charge in [0.15, 0.2) is 0 Å². The van der Waals surface area contributed by atoms with Gasteiger partial charge < -0.3 is 10.2 Å².